The largest absolute Gasteiger partial charge is 0.378 e. The van der Waals surface area contributed by atoms with Crippen molar-refractivity contribution in [3.05, 3.63) is 52.3 Å². The third-order valence-electron chi connectivity index (χ3n) is 5.66. The molecule has 0 unspecified atom stereocenters. The van der Waals surface area contributed by atoms with Crippen molar-refractivity contribution in [2.45, 2.75) is 6.42 Å². The van der Waals surface area contributed by atoms with E-state index in [1.165, 1.54) is 0 Å². The Morgan fingerprint density at radius 1 is 1.00 bits per heavy atom. The van der Waals surface area contributed by atoms with Crippen LogP contribution in [0.4, 0.5) is 11.4 Å². The number of hydrogen-bond donors (Lipinski definition) is 1. The predicted molar refractivity (Wildman–Crippen MR) is 119 cm³/mol. The van der Waals surface area contributed by atoms with Crippen LogP contribution in [0.2, 0.25) is 0 Å². The Morgan fingerprint density at radius 3 is 2.43 bits per heavy atom. The molecule has 0 aliphatic carbocycles. The highest BCUT2D eigenvalue weighted by Crippen LogP contribution is 2.24. The lowest BCUT2D eigenvalue weighted by atomic mass is 10.1. The van der Waals surface area contributed by atoms with Crippen molar-refractivity contribution in [3.63, 3.8) is 0 Å². The molecule has 1 N–H and O–H groups in total. The number of nitrogens with zero attached hydrogens (tertiary/aromatic N) is 4. The molecule has 2 aromatic rings. The summed E-state index contributed by atoms with van der Waals surface area (Å²) in [7, 11) is 0. The van der Waals surface area contributed by atoms with E-state index in [0.717, 1.165) is 44.0 Å². The molecule has 1 aromatic heterocycles. The number of H-pyrrole nitrogens is 1. The molecule has 7 nitrogen and oxygen atoms in total. The minimum atomic E-state index is 0.0662. The summed E-state index contributed by atoms with van der Waals surface area (Å²) in [6, 6.07) is 12.1. The first kappa shape index (κ1) is 20.4. The zero-order chi connectivity index (χ0) is 20.9. The summed E-state index contributed by atoms with van der Waals surface area (Å²) >= 11 is 5.27. The molecule has 4 rings (SSSR count). The number of rotatable bonds is 3. The Bertz CT molecular complexity index is 992. The standard InChI is InChI=1S/C22H25N5O2S/c23-16-19-20(6-7-24-21(19)30)26-9-1-8-25(10-11-26)18-4-2-17(3-5-18)22(28)27-12-14-29-15-13-27/h2-7H,1,8-15H2,(H,24,30). The van der Waals surface area contributed by atoms with E-state index in [4.69, 9.17) is 17.0 Å². The Morgan fingerprint density at radius 2 is 1.70 bits per heavy atom. The van der Waals surface area contributed by atoms with E-state index in [-0.39, 0.29) is 5.91 Å². The number of benzene rings is 1. The molecule has 2 aliphatic heterocycles. The van der Waals surface area contributed by atoms with Crippen LogP contribution < -0.4 is 9.80 Å². The summed E-state index contributed by atoms with van der Waals surface area (Å²) in [5, 5.41) is 9.48. The maximum absolute atomic E-state index is 12.6. The van der Waals surface area contributed by atoms with Crippen molar-refractivity contribution < 1.29 is 9.53 Å². The molecular weight excluding hydrogens is 398 g/mol. The molecule has 0 spiro atoms. The molecular formula is C22H25N5O2S. The normalized spacial score (nSPS) is 17.4. The SMILES string of the molecule is N#Cc1c(N2CCCN(c3ccc(C(=O)N4CCOCC4)cc3)CC2)cc[nH]c1=S. The zero-order valence-electron chi connectivity index (χ0n) is 16.8. The van der Waals surface area contributed by atoms with Gasteiger partial charge in [-0.25, -0.2) is 0 Å². The molecule has 30 heavy (non-hydrogen) atoms. The molecule has 0 radical (unpaired) electrons. The van der Waals surface area contributed by atoms with Crippen molar-refractivity contribution in [1.29, 1.82) is 5.26 Å². The minimum absolute atomic E-state index is 0.0662. The lowest BCUT2D eigenvalue weighted by Crippen LogP contribution is -2.40. The molecule has 2 fully saturated rings. The number of anilines is 2. The van der Waals surface area contributed by atoms with Crippen LogP contribution in [-0.2, 0) is 4.74 Å². The van der Waals surface area contributed by atoms with Gasteiger partial charge in [0.15, 0.2) is 0 Å². The smallest absolute Gasteiger partial charge is 0.254 e. The monoisotopic (exact) mass is 423 g/mol. The number of carbonyl (C=O) groups excluding carboxylic acids is 1. The van der Waals surface area contributed by atoms with Crippen molar-refractivity contribution >= 4 is 29.5 Å². The molecule has 2 saturated heterocycles. The van der Waals surface area contributed by atoms with Gasteiger partial charge in [0, 0.05) is 56.7 Å². The van der Waals surface area contributed by atoms with E-state index in [0.29, 0.717) is 42.1 Å². The Hall–Kier alpha value is -2.89. The van der Waals surface area contributed by atoms with Gasteiger partial charge in [-0.3, -0.25) is 4.79 Å². The van der Waals surface area contributed by atoms with Crippen LogP contribution in [0.1, 0.15) is 22.3 Å². The molecule has 2 aliphatic rings. The van der Waals surface area contributed by atoms with Crippen LogP contribution in [0.3, 0.4) is 0 Å². The second-order valence-electron chi connectivity index (χ2n) is 7.46. The van der Waals surface area contributed by atoms with Crippen LogP contribution in [-0.4, -0.2) is 68.3 Å². The first-order valence-corrected chi connectivity index (χ1v) is 10.7. The lowest BCUT2D eigenvalue weighted by Gasteiger charge is -2.27. The van der Waals surface area contributed by atoms with E-state index >= 15 is 0 Å². The van der Waals surface area contributed by atoms with Gasteiger partial charge >= 0.3 is 0 Å². The van der Waals surface area contributed by atoms with Crippen LogP contribution in [0.25, 0.3) is 0 Å². The zero-order valence-corrected chi connectivity index (χ0v) is 17.7. The van der Waals surface area contributed by atoms with Crippen LogP contribution in [0, 0.1) is 16.0 Å². The molecule has 0 saturated carbocycles. The number of morpholine rings is 1. The second kappa shape index (κ2) is 9.28. The van der Waals surface area contributed by atoms with Gasteiger partial charge < -0.3 is 24.4 Å². The third-order valence-corrected chi connectivity index (χ3v) is 5.99. The topological polar surface area (TPSA) is 75.6 Å². The van der Waals surface area contributed by atoms with Gasteiger partial charge in [-0.1, -0.05) is 12.2 Å². The van der Waals surface area contributed by atoms with Crippen molar-refractivity contribution in [1.82, 2.24) is 9.88 Å². The van der Waals surface area contributed by atoms with Gasteiger partial charge in [-0.2, -0.15) is 5.26 Å². The molecule has 1 amide bonds. The number of aromatic amines is 1. The average Bonchev–Trinajstić information content (AvgIpc) is 3.05. The maximum atomic E-state index is 12.6. The first-order valence-electron chi connectivity index (χ1n) is 10.3. The fourth-order valence-electron chi connectivity index (χ4n) is 4.02. The summed E-state index contributed by atoms with van der Waals surface area (Å²) < 4.78 is 5.81. The summed E-state index contributed by atoms with van der Waals surface area (Å²) in [4.78, 5) is 22.0. The fraction of sp³-hybridized carbons (Fsp3) is 0.409. The third kappa shape index (κ3) is 4.32. The fourth-order valence-corrected chi connectivity index (χ4v) is 4.24. The molecule has 0 bridgehead atoms. The summed E-state index contributed by atoms with van der Waals surface area (Å²) in [5.41, 5.74) is 3.26. The second-order valence-corrected chi connectivity index (χ2v) is 7.87. The lowest BCUT2D eigenvalue weighted by molar-refractivity contribution is 0.0303. The Kier molecular flexibility index (Phi) is 6.31. The number of hydrogen-bond acceptors (Lipinski definition) is 6. The first-order chi connectivity index (χ1) is 14.7. The van der Waals surface area contributed by atoms with Crippen LogP contribution in [0.5, 0.6) is 0 Å². The number of nitriles is 1. The number of amides is 1. The van der Waals surface area contributed by atoms with E-state index in [1.807, 2.05) is 35.2 Å². The minimum Gasteiger partial charge on any atom is -0.378 e. The number of ether oxygens (including phenoxy) is 1. The van der Waals surface area contributed by atoms with Gasteiger partial charge in [-0.15, -0.1) is 0 Å². The molecule has 8 heteroatoms. The predicted octanol–water partition coefficient (Wildman–Crippen LogP) is 2.80. The van der Waals surface area contributed by atoms with Crippen LogP contribution >= 0.6 is 12.2 Å². The molecule has 156 valence electrons. The van der Waals surface area contributed by atoms with E-state index in [1.54, 1.807) is 6.20 Å². The average molecular weight is 424 g/mol. The molecule has 0 atom stereocenters. The quantitative estimate of drug-likeness (QED) is 0.765. The van der Waals surface area contributed by atoms with E-state index < -0.39 is 0 Å². The highest BCUT2D eigenvalue weighted by molar-refractivity contribution is 7.71. The van der Waals surface area contributed by atoms with Gasteiger partial charge in [0.05, 0.1) is 18.9 Å². The highest BCUT2D eigenvalue weighted by atomic mass is 32.1. The number of aromatic nitrogens is 1. The molecule has 1 aromatic carbocycles. The summed E-state index contributed by atoms with van der Waals surface area (Å²) in [6.45, 7) is 5.95. The van der Waals surface area contributed by atoms with Gasteiger partial charge in [0.25, 0.3) is 5.91 Å². The Balaban J connectivity index is 1.43. The van der Waals surface area contributed by atoms with Crippen molar-refractivity contribution in [2.75, 3.05) is 62.3 Å². The van der Waals surface area contributed by atoms with Gasteiger partial charge in [0.1, 0.15) is 16.3 Å². The number of carbonyl (C=O) groups is 1. The van der Waals surface area contributed by atoms with E-state index in [9.17, 15) is 10.1 Å². The maximum Gasteiger partial charge on any atom is 0.254 e. The molecule has 3 heterocycles. The van der Waals surface area contributed by atoms with E-state index in [2.05, 4.69) is 20.9 Å². The van der Waals surface area contributed by atoms with Gasteiger partial charge in [-0.05, 0) is 36.8 Å². The Labute approximate surface area is 181 Å². The number of pyridine rings is 1. The summed E-state index contributed by atoms with van der Waals surface area (Å²) in [6.07, 6.45) is 2.77. The number of nitrogens with one attached hydrogen (secondary N) is 1. The van der Waals surface area contributed by atoms with Crippen molar-refractivity contribution in [3.8, 4) is 6.07 Å². The van der Waals surface area contributed by atoms with Crippen molar-refractivity contribution in [2.24, 2.45) is 0 Å². The highest BCUT2D eigenvalue weighted by Gasteiger charge is 2.20. The van der Waals surface area contributed by atoms with Gasteiger partial charge in [0.2, 0.25) is 0 Å². The summed E-state index contributed by atoms with van der Waals surface area (Å²) in [5.74, 6) is 0.0662. The van der Waals surface area contributed by atoms with Crippen LogP contribution in [0.15, 0.2) is 36.5 Å².